The van der Waals surface area contributed by atoms with E-state index in [2.05, 4.69) is 11.1 Å². The van der Waals surface area contributed by atoms with E-state index in [9.17, 15) is 5.26 Å². The van der Waals surface area contributed by atoms with Crippen molar-refractivity contribution in [3.8, 4) is 11.8 Å². The highest BCUT2D eigenvalue weighted by Crippen LogP contribution is 2.33. The first-order chi connectivity index (χ1) is 10.6. The van der Waals surface area contributed by atoms with Gasteiger partial charge >= 0.3 is 0 Å². The van der Waals surface area contributed by atoms with Gasteiger partial charge in [-0.3, -0.25) is 4.99 Å². The van der Waals surface area contributed by atoms with Gasteiger partial charge < -0.3 is 10.5 Å². The van der Waals surface area contributed by atoms with Crippen LogP contribution in [0.4, 0.5) is 0 Å². The number of nitrogens with zero attached hydrogens (tertiary/aromatic N) is 2. The van der Waals surface area contributed by atoms with Crippen LogP contribution in [0.1, 0.15) is 44.7 Å². The van der Waals surface area contributed by atoms with Gasteiger partial charge in [0, 0.05) is 23.7 Å². The molecule has 0 heterocycles. The first-order valence-corrected chi connectivity index (χ1v) is 7.74. The standard InChI is InChI=1S/C15H16ClN3O.C2H6/c1-9(7-17)15(19-2)12-5-10(16)6-14(13(12)8-18)20-11-3-4-11;1-2/h5-7,11H,3-4,17H2,1-2H3;1-2H3/b9-7-,19-15?;. The molecule has 2 rings (SSSR count). The highest BCUT2D eigenvalue weighted by Gasteiger charge is 2.26. The molecule has 22 heavy (non-hydrogen) atoms. The van der Waals surface area contributed by atoms with E-state index in [1.165, 1.54) is 6.20 Å². The van der Waals surface area contributed by atoms with E-state index in [0.717, 1.165) is 18.4 Å². The molecule has 1 aromatic rings. The zero-order valence-electron chi connectivity index (χ0n) is 13.5. The summed E-state index contributed by atoms with van der Waals surface area (Å²) >= 11 is 6.14. The summed E-state index contributed by atoms with van der Waals surface area (Å²) in [7, 11) is 1.66. The summed E-state index contributed by atoms with van der Waals surface area (Å²) in [6.45, 7) is 5.84. The molecule has 1 aliphatic rings. The fourth-order valence-electron chi connectivity index (χ4n) is 1.93. The number of nitriles is 1. The van der Waals surface area contributed by atoms with Crippen LogP contribution in [-0.2, 0) is 0 Å². The van der Waals surface area contributed by atoms with Crippen LogP contribution in [0.2, 0.25) is 5.02 Å². The van der Waals surface area contributed by atoms with E-state index in [4.69, 9.17) is 22.1 Å². The van der Waals surface area contributed by atoms with Crippen molar-refractivity contribution in [1.82, 2.24) is 0 Å². The maximum atomic E-state index is 9.44. The Kier molecular flexibility index (Phi) is 6.94. The topological polar surface area (TPSA) is 71.4 Å². The van der Waals surface area contributed by atoms with Crippen LogP contribution in [0.15, 0.2) is 28.9 Å². The lowest BCUT2D eigenvalue weighted by molar-refractivity contribution is 0.302. The van der Waals surface area contributed by atoms with Gasteiger partial charge in [0.2, 0.25) is 0 Å². The molecule has 1 fully saturated rings. The van der Waals surface area contributed by atoms with Gasteiger partial charge in [0.05, 0.1) is 11.8 Å². The second kappa shape index (κ2) is 8.45. The van der Waals surface area contributed by atoms with E-state index in [1.807, 2.05) is 20.8 Å². The Bertz CT molecular complexity index is 626. The van der Waals surface area contributed by atoms with Crippen molar-refractivity contribution >= 4 is 17.3 Å². The molecule has 118 valence electrons. The van der Waals surface area contributed by atoms with Gasteiger partial charge in [0.15, 0.2) is 0 Å². The van der Waals surface area contributed by atoms with Crippen molar-refractivity contribution in [3.05, 3.63) is 40.1 Å². The highest BCUT2D eigenvalue weighted by molar-refractivity contribution is 6.31. The number of allylic oxidation sites excluding steroid dienone is 1. The van der Waals surface area contributed by atoms with E-state index in [1.54, 1.807) is 19.2 Å². The van der Waals surface area contributed by atoms with E-state index in [-0.39, 0.29) is 6.10 Å². The molecule has 2 N–H and O–H groups in total. The predicted octanol–water partition coefficient (Wildman–Crippen LogP) is 4.06. The van der Waals surface area contributed by atoms with Crippen LogP contribution < -0.4 is 10.5 Å². The van der Waals surface area contributed by atoms with Crippen molar-refractivity contribution in [2.45, 2.75) is 39.7 Å². The lowest BCUT2D eigenvalue weighted by atomic mass is 9.98. The monoisotopic (exact) mass is 319 g/mol. The van der Waals surface area contributed by atoms with Crippen LogP contribution in [0.5, 0.6) is 5.75 Å². The van der Waals surface area contributed by atoms with E-state index < -0.39 is 0 Å². The Balaban J connectivity index is 0.00000116. The molecule has 1 aliphatic carbocycles. The van der Waals surface area contributed by atoms with Crippen molar-refractivity contribution in [1.29, 1.82) is 5.26 Å². The van der Waals surface area contributed by atoms with Crippen molar-refractivity contribution < 1.29 is 4.74 Å². The Morgan fingerprint density at radius 1 is 1.45 bits per heavy atom. The maximum Gasteiger partial charge on any atom is 0.139 e. The van der Waals surface area contributed by atoms with Gasteiger partial charge in [-0.1, -0.05) is 25.4 Å². The molecule has 0 bridgehead atoms. The smallest absolute Gasteiger partial charge is 0.139 e. The molecule has 0 radical (unpaired) electrons. The average molecular weight is 320 g/mol. The lowest BCUT2D eigenvalue weighted by Gasteiger charge is -2.13. The molecule has 0 atom stereocenters. The number of ether oxygens (including phenoxy) is 1. The van der Waals surface area contributed by atoms with Gasteiger partial charge in [-0.05, 0) is 37.6 Å². The van der Waals surface area contributed by atoms with Gasteiger partial charge in [-0.15, -0.1) is 0 Å². The van der Waals surface area contributed by atoms with Crippen LogP contribution >= 0.6 is 11.6 Å². The minimum absolute atomic E-state index is 0.196. The quantitative estimate of drug-likeness (QED) is 0.851. The molecule has 5 heteroatoms. The number of hydrogen-bond donors (Lipinski definition) is 1. The number of hydrogen-bond acceptors (Lipinski definition) is 4. The molecule has 0 saturated heterocycles. The van der Waals surface area contributed by atoms with Crippen LogP contribution in [0.3, 0.4) is 0 Å². The summed E-state index contributed by atoms with van der Waals surface area (Å²) in [5, 5.41) is 9.96. The molecule has 4 nitrogen and oxygen atoms in total. The van der Waals surface area contributed by atoms with Crippen molar-refractivity contribution in [2.24, 2.45) is 10.7 Å². The second-order valence-electron chi connectivity index (χ2n) is 4.68. The Labute approximate surface area is 137 Å². The van der Waals surface area contributed by atoms with Gasteiger partial charge in [0.25, 0.3) is 0 Å². The van der Waals surface area contributed by atoms with Crippen molar-refractivity contribution in [3.63, 3.8) is 0 Å². The predicted molar refractivity (Wildman–Crippen MR) is 91.6 cm³/mol. The summed E-state index contributed by atoms with van der Waals surface area (Å²) in [5.74, 6) is 0.517. The Morgan fingerprint density at radius 2 is 2.09 bits per heavy atom. The second-order valence-corrected chi connectivity index (χ2v) is 5.11. The average Bonchev–Trinajstić information content (AvgIpc) is 3.33. The first kappa shape index (κ1) is 18.1. The molecule has 1 aromatic carbocycles. The summed E-state index contributed by atoms with van der Waals surface area (Å²) in [6, 6.07) is 5.58. The number of aliphatic imine (C=N–C) groups is 1. The summed E-state index contributed by atoms with van der Waals surface area (Å²) in [4.78, 5) is 4.22. The van der Waals surface area contributed by atoms with Gasteiger partial charge in [-0.25, -0.2) is 0 Å². The fraction of sp³-hybridized carbons (Fsp3) is 0.412. The van der Waals surface area contributed by atoms with E-state index >= 15 is 0 Å². The first-order valence-electron chi connectivity index (χ1n) is 7.37. The normalized spacial score (nSPS) is 14.7. The number of rotatable bonds is 4. The molecular formula is C17H22ClN3O. The SMILES string of the molecule is CC.CN=C(/C(C)=C\N)c1cc(Cl)cc(OC2CC2)c1C#N. The number of nitrogens with two attached hydrogens (primary N) is 1. The lowest BCUT2D eigenvalue weighted by Crippen LogP contribution is -2.09. The third kappa shape index (κ3) is 4.25. The third-order valence-corrected chi connectivity index (χ3v) is 3.32. The number of halogens is 1. The minimum atomic E-state index is 0.196. The largest absolute Gasteiger partial charge is 0.489 e. The summed E-state index contributed by atoms with van der Waals surface area (Å²) in [6.07, 6.45) is 3.69. The van der Waals surface area contributed by atoms with Crippen molar-refractivity contribution in [2.75, 3.05) is 7.05 Å². The molecule has 1 saturated carbocycles. The molecular weight excluding hydrogens is 298 g/mol. The molecule has 0 aliphatic heterocycles. The molecule has 0 spiro atoms. The third-order valence-electron chi connectivity index (χ3n) is 3.10. The minimum Gasteiger partial charge on any atom is -0.489 e. The Morgan fingerprint density at radius 3 is 2.55 bits per heavy atom. The van der Waals surface area contributed by atoms with Gasteiger partial charge in [0.1, 0.15) is 17.4 Å². The van der Waals surface area contributed by atoms with E-state index in [0.29, 0.717) is 27.6 Å². The van der Waals surface area contributed by atoms with Crippen LogP contribution in [0.25, 0.3) is 0 Å². The number of benzene rings is 1. The summed E-state index contributed by atoms with van der Waals surface area (Å²) < 4.78 is 5.76. The Hall–Kier alpha value is -1.99. The fourth-order valence-corrected chi connectivity index (χ4v) is 2.14. The molecule has 0 aromatic heterocycles. The summed E-state index contributed by atoms with van der Waals surface area (Å²) in [5.41, 5.74) is 8.08. The van der Waals surface area contributed by atoms with Crippen LogP contribution in [-0.4, -0.2) is 18.9 Å². The zero-order chi connectivity index (χ0) is 16.7. The van der Waals surface area contributed by atoms with Gasteiger partial charge in [-0.2, -0.15) is 5.26 Å². The highest BCUT2D eigenvalue weighted by atomic mass is 35.5. The van der Waals surface area contributed by atoms with Crippen LogP contribution in [0, 0.1) is 11.3 Å². The maximum absolute atomic E-state index is 9.44. The zero-order valence-corrected chi connectivity index (χ0v) is 14.2. The molecule has 0 amide bonds. The molecule has 0 unspecified atom stereocenters.